The van der Waals surface area contributed by atoms with Gasteiger partial charge in [0.2, 0.25) is 0 Å². The van der Waals surface area contributed by atoms with Gasteiger partial charge in [-0.25, -0.2) is 0 Å². The van der Waals surface area contributed by atoms with Gasteiger partial charge in [-0.05, 0) is 31.2 Å². The minimum absolute atomic E-state index is 0.0394. The van der Waals surface area contributed by atoms with Crippen molar-refractivity contribution in [3.05, 3.63) is 48.6 Å². The fraction of sp³-hybridized carbons (Fsp3) is 0.467. The molecular weight excluding hydrogens is 196 g/mol. The van der Waals surface area contributed by atoms with E-state index in [1.165, 1.54) is 5.56 Å². The summed E-state index contributed by atoms with van der Waals surface area (Å²) in [5, 5.41) is 0. The molecule has 1 heteroatoms. The normalized spacial score (nSPS) is 33.9. The van der Waals surface area contributed by atoms with Crippen molar-refractivity contribution >= 4 is 0 Å². The highest BCUT2D eigenvalue weighted by Gasteiger charge is 2.41. The molecular formula is C15H20O. The maximum absolute atomic E-state index is 6.22. The van der Waals surface area contributed by atoms with Crippen LogP contribution in [0.3, 0.4) is 0 Å². The van der Waals surface area contributed by atoms with Crippen molar-refractivity contribution in [3.63, 3.8) is 0 Å². The Morgan fingerprint density at radius 2 is 2.12 bits per heavy atom. The molecule has 0 spiro atoms. The molecule has 0 bridgehead atoms. The second-order valence-electron chi connectivity index (χ2n) is 4.96. The largest absolute Gasteiger partial charge is 0.367 e. The zero-order valence-corrected chi connectivity index (χ0v) is 10.1. The molecule has 1 heterocycles. The number of hydrogen-bond donors (Lipinski definition) is 0. The van der Waals surface area contributed by atoms with E-state index in [9.17, 15) is 0 Å². The van der Waals surface area contributed by atoms with Crippen molar-refractivity contribution in [2.24, 2.45) is 5.92 Å². The number of benzene rings is 1. The van der Waals surface area contributed by atoms with E-state index in [-0.39, 0.29) is 11.7 Å². The molecule has 0 N–H and O–H groups in total. The Bertz CT molecular complexity index is 357. The van der Waals surface area contributed by atoms with Crippen LogP contribution in [0.25, 0.3) is 0 Å². The Balaban J connectivity index is 2.15. The highest BCUT2D eigenvalue weighted by atomic mass is 16.5. The average molecular weight is 216 g/mol. The minimum atomic E-state index is -0.0394. The van der Waals surface area contributed by atoms with E-state index in [1.807, 2.05) is 12.1 Å². The number of rotatable bonds is 3. The van der Waals surface area contributed by atoms with E-state index in [2.05, 4.69) is 44.7 Å². The Morgan fingerprint density at radius 1 is 1.44 bits per heavy atom. The fourth-order valence-corrected chi connectivity index (χ4v) is 2.47. The molecule has 0 aliphatic carbocycles. The van der Waals surface area contributed by atoms with Crippen LogP contribution >= 0.6 is 0 Å². The van der Waals surface area contributed by atoms with Gasteiger partial charge in [0.25, 0.3) is 0 Å². The molecule has 1 nitrogen and oxygen atoms in total. The van der Waals surface area contributed by atoms with Gasteiger partial charge in [-0.3, -0.25) is 0 Å². The highest BCUT2D eigenvalue weighted by Crippen LogP contribution is 2.45. The van der Waals surface area contributed by atoms with Crippen molar-refractivity contribution in [3.8, 4) is 0 Å². The maximum Gasteiger partial charge on any atom is 0.0836 e. The Hall–Kier alpha value is -1.08. The monoisotopic (exact) mass is 216 g/mol. The van der Waals surface area contributed by atoms with Crippen LogP contribution < -0.4 is 0 Å². The predicted octanol–water partition coefficient (Wildman–Crippen LogP) is 4.12. The first-order valence-corrected chi connectivity index (χ1v) is 5.99. The Morgan fingerprint density at radius 3 is 2.75 bits per heavy atom. The standard InChI is InChI=1S/C15H20O/c1-4-10-15(3)12(2)11-14(16-15)13-8-6-5-7-9-13/h4-9,12,14H,1,10-11H2,2-3H3/t12-,14-,15-/m0/s1. The molecule has 3 atom stereocenters. The van der Waals surface area contributed by atoms with Crippen LogP contribution in [-0.4, -0.2) is 5.60 Å². The van der Waals surface area contributed by atoms with Crippen molar-refractivity contribution in [2.45, 2.75) is 38.4 Å². The molecule has 0 saturated carbocycles. The summed E-state index contributed by atoms with van der Waals surface area (Å²) in [5.41, 5.74) is 1.25. The molecule has 2 rings (SSSR count). The van der Waals surface area contributed by atoms with Crippen molar-refractivity contribution in [2.75, 3.05) is 0 Å². The molecule has 0 unspecified atom stereocenters. The van der Waals surface area contributed by atoms with E-state index in [4.69, 9.17) is 4.74 Å². The molecule has 0 amide bonds. The molecule has 1 fully saturated rings. The van der Waals surface area contributed by atoms with Gasteiger partial charge in [0.05, 0.1) is 11.7 Å². The van der Waals surface area contributed by atoms with Crippen LogP contribution in [0, 0.1) is 5.92 Å². The van der Waals surface area contributed by atoms with E-state index in [1.54, 1.807) is 0 Å². The quantitative estimate of drug-likeness (QED) is 0.691. The zero-order chi connectivity index (χ0) is 11.6. The maximum atomic E-state index is 6.22. The second kappa shape index (κ2) is 4.42. The summed E-state index contributed by atoms with van der Waals surface area (Å²) in [7, 11) is 0. The molecule has 0 aromatic heterocycles. The van der Waals surface area contributed by atoms with E-state index in [0.717, 1.165) is 12.8 Å². The Kier molecular flexibility index (Phi) is 3.15. The summed E-state index contributed by atoms with van der Waals surface area (Å²) in [4.78, 5) is 0. The molecule has 16 heavy (non-hydrogen) atoms. The van der Waals surface area contributed by atoms with Crippen molar-refractivity contribution in [1.29, 1.82) is 0 Å². The van der Waals surface area contributed by atoms with Crippen LogP contribution in [0.15, 0.2) is 43.0 Å². The summed E-state index contributed by atoms with van der Waals surface area (Å²) in [5.74, 6) is 0.579. The lowest BCUT2D eigenvalue weighted by atomic mass is 9.87. The number of hydrogen-bond acceptors (Lipinski definition) is 1. The van der Waals surface area contributed by atoms with Gasteiger partial charge in [-0.15, -0.1) is 6.58 Å². The van der Waals surface area contributed by atoms with Gasteiger partial charge >= 0.3 is 0 Å². The minimum Gasteiger partial charge on any atom is -0.367 e. The molecule has 1 saturated heterocycles. The molecule has 1 aromatic carbocycles. The summed E-state index contributed by atoms with van der Waals surface area (Å²) < 4.78 is 6.22. The summed E-state index contributed by atoms with van der Waals surface area (Å²) in [6.45, 7) is 8.29. The van der Waals surface area contributed by atoms with Gasteiger partial charge in [-0.2, -0.15) is 0 Å². The third-order valence-corrected chi connectivity index (χ3v) is 3.74. The van der Waals surface area contributed by atoms with E-state index < -0.39 is 0 Å². The third kappa shape index (κ3) is 2.05. The zero-order valence-electron chi connectivity index (χ0n) is 10.1. The van der Waals surface area contributed by atoms with Crippen molar-refractivity contribution in [1.82, 2.24) is 0 Å². The second-order valence-corrected chi connectivity index (χ2v) is 4.96. The lowest BCUT2D eigenvalue weighted by Crippen LogP contribution is -2.29. The third-order valence-electron chi connectivity index (χ3n) is 3.74. The van der Waals surface area contributed by atoms with E-state index >= 15 is 0 Å². The average Bonchev–Trinajstić information content (AvgIpc) is 2.57. The molecule has 1 aliphatic heterocycles. The van der Waals surface area contributed by atoms with Gasteiger partial charge in [0, 0.05) is 0 Å². The highest BCUT2D eigenvalue weighted by molar-refractivity contribution is 5.19. The van der Waals surface area contributed by atoms with Gasteiger partial charge in [0.15, 0.2) is 0 Å². The molecule has 86 valence electrons. The smallest absolute Gasteiger partial charge is 0.0836 e. The fourth-order valence-electron chi connectivity index (χ4n) is 2.47. The topological polar surface area (TPSA) is 9.23 Å². The van der Waals surface area contributed by atoms with E-state index in [0.29, 0.717) is 5.92 Å². The summed E-state index contributed by atoms with van der Waals surface area (Å²) >= 11 is 0. The molecule has 1 aromatic rings. The van der Waals surface area contributed by atoms with Crippen LogP contribution in [0.5, 0.6) is 0 Å². The predicted molar refractivity (Wildman–Crippen MR) is 67.3 cm³/mol. The Labute approximate surface area is 98.1 Å². The lowest BCUT2D eigenvalue weighted by Gasteiger charge is -2.27. The first-order chi connectivity index (χ1) is 7.65. The summed E-state index contributed by atoms with van der Waals surface area (Å²) in [6, 6.07) is 10.5. The van der Waals surface area contributed by atoms with Gasteiger partial charge in [-0.1, -0.05) is 43.3 Å². The van der Waals surface area contributed by atoms with Gasteiger partial charge < -0.3 is 4.74 Å². The van der Waals surface area contributed by atoms with Crippen LogP contribution in [0.2, 0.25) is 0 Å². The SMILES string of the molecule is C=CC[C@]1(C)O[C@H](c2ccccc2)C[C@@H]1C. The van der Waals surface area contributed by atoms with Crippen LogP contribution in [0.1, 0.15) is 38.4 Å². The summed E-state index contributed by atoms with van der Waals surface area (Å²) in [6.07, 6.45) is 4.25. The van der Waals surface area contributed by atoms with Crippen LogP contribution in [0.4, 0.5) is 0 Å². The molecule has 0 radical (unpaired) electrons. The molecule has 1 aliphatic rings. The lowest BCUT2D eigenvalue weighted by molar-refractivity contribution is -0.0415. The first kappa shape index (κ1) is 11.4. The number of ether oxygens (including phenoxy) is 1. The van der Waals surface area contributed by atoms with Gasteiger partial charge in [0.1, 0.15) is 0 Å². The van der Waals surface area contributed by atoms with Crippen LogP contribution in [-0.2, 0) is 4.74 Å². The van der Waals surface area contributed by atoms with Crippen molar-refractivity contribution < 1.29 is 4.74 Å². The first-order valence-electron chi connectivity index (χ1n) is 5.99.